The highest BCUT2D eigenvalue weighted by atomic mass is 32.2. The van der Waals surface area contributed by atoms with Gasteiger partial charge in [0.1, 0.15) is 35.6 Å². The van der Waals surface area contributed by atoms with Crippen LogP contribution in [0.25, 0.3) is 0 Å². The first-order chi connectivity index (χ1) is 12.4. The van der Waals surface area contributed by atoms with Gasteiger partial charge in [0.05, 0.1) is 5.75 Å². The summed E-state index contributed by atoms with van der Waals surface area (Å²) in [6.07, 6.45) is 0.462. The van der Waals surface area contributed by atoms with E-state index >= 15 is 0 Å². The van der Waals surface area contributed by atoms with Gasteiger partial charge in [-0.05, 0) is 36.2 Å². The molecule has 1 atom stereocenters. The van der Waals surface area contributed by atoms with Crippen molar-refractivity contribution in [1.82, 2.24) is 0 Å². The van der Waals surface area contributed by atoms with Crippen LogP contribution in [0.15, 0.2) is 47.5 Å². The second-order valence-electron chi connectivity index (χ2n) is 5.77. The van der Waals surface area contributed by atoms with Crippen LogP contribution < -0.4 is 4.18 Å². The normalized spacial score (nSPS) is 16.9. The van der Waals surface area contributed by atoms with Gasteiger partial charge >= 0.3 is 10.1 Å². The Balaban J connectivity index is 1.78. The third kappa shape index (κ3) is 4.01. The Bertz CT molecular complexity index is 906. The summed E-state index contributed by atoms with van der Waals surface area (Å²) in [6, 6.07) is 9.43. The van der Waals surface area contributed by atoms with Gasteiger partial charge in [-0.1, -0.05) is 25.1 Å². The monoisotopic (exact) mass is 381 g/mol. The van der Waals surface area contributed by atoms with E-state index in [-0.39, 0.29) is 29.6 Å². The number of aliphatic imine (C=N–C) groups is 1. The molecule has 0 N–H and O–H groups in total. The fourth-order valence-corrected chi connectivity index (χ4v) is 3.56. The smallest absolute Gasteiger partial charge is 0.309 e. The summed E-state index contributed by atoms with van der Waals surface area (Å²) < 4.78 is 61.3. The average molecular weight is 381 g/mol. The summed E-state index contributed by atoms with van der Waals surface area (Å²) in [5.41, 5.74) is 0.428. The number of nitrogens with zero attached hydrogens (tertiary/aromatic N) is 1. The minimum Gasteiger partial charge on any atom is -0.475 e. The molecule has 2 aromatic carbocycles. The molecule has 1 heterocycles. The number of hydrogen-bond donors (Lipinski definition) is 0. The van der Waals surface area contributed by atoms with E-state index in [1.54, 1.807) is 19.1 Å². The number of ether oxygens (including phenoxy) is 1. The summed E-state index contributed by atoms with van der Waals surface area (Å²) in [5, 5.41) is 0. The third-order valence-corrected chi connectivity index (χ3v) is 5.12. The van der Waals surface area contributed by atoms with Gasteiger partial charge in [-0.25, -0.2) is 13.8 Å². The van der Waals surface area contributed by atoms with E-state index in [9.17, 15) is 17.2 Å². The van der Waals surface area contributed by atoms with E-state index < -0.39 is 27.8 Å². The van der Waals surface area contributed by atoms with Crippen molar-refractivity contribution in [3.63, 3.8) is 0 Å². The molecule has 0 bridgehead atoms. The number of rotatable bonds is 6. The van der Waals surface area contributed by atoms with Crippen LogP contribution in [0.5, 0.6) is 5.75 Å². The quantitative estimate of drug-likeness (QED) is 0.717. The van der Waals surface area contributed by atoms with Crippen molar-refractivity contribution in [2.75, 3.05) is 12.4 Å². The Morgan fingerprint density at radius 3 is 2.42 bits per heavy atom. The minimum atomic E-state index is -3.61. The Kier molecular flexibility index (Phi) is 5.22. The summed E-state index contributed by atoms with van der Waals surface area (Å²) in [6.45, 7) is 1.88. The Hall–Kier alpha value is -2.48. The van der Waals surface area contributed by atoms with Crippen molar-refractivity contribution in [3.8, 4) is 5.75 Å². The summed E-state index contributed by atoms with van der Waals surface area (Å²) in [5.74, 6) is -1.43. The lowest BCUT2D eigenvalue weighted by Gasteiger charge is -2.08. The van der Waals surface area contributed by atoms with Crippen LogP contribution in [0.3, 0.4) is 0 Å². The fourth-order valence-electron chi connectivity index (χ4n) is 2.57. The topological polar surface area (TPSA) is 65.0 Å². The molecule has 0 amide bonds. The van der Waals surface area contributed by atoms with E-state index in [2.05, 4.69) is 4.99 Å². The summed E-state index contributed by atoms with van der Waals surface area (Å²) >= 11 is 0. The molecule has 2 aromatic rings. The van der Waals surface area contributed by atoms with Crippen molar-refractivity contribution in [3.05, 3.63) is 65.2 Å². The number of halogens is 2. The molecule has 138 valence electrons. The molecule has 0 saturated heterocycles. The molecule has 0 aliphatic carbocycles. The zero-order chi connectivity index (χ0) is 18.7. The SMILES string of the molecule is CCCS(=O)(=O)Oc1ccc(C2COC(c3c(F)cccc3F)=N2)cc1. The van der Waals surface area contributed by atoms with Gasteiger partial charge in [0.25, 0.3) is 0 Å². The lowest BCUT2D eigenvalue weighted by atomic mass is 10.1. The zero-order valence-electron chi connectivity index (χ0n) is 14.0. The molecule has 5 nitrogen and oxygen atoms in total. The molecule has 8 heteroatoms. The Morgan fingerprint density at radius 2 is 1.81 bits per heavy atom. The molecule has 26 heavy (non-hydrogen) atoms. The first-order valence-electron chi connectivity index (χ1n) is 8.06. The van der Waals surface area contributed by atoms with Gasteiger partial charge in [-0.15, -0.1) is 0 Å². The lowest BCUT2D eigenvalue weighted by molar-refractivity contribution is 0.317. The zero-order valence-corrected chi connectivity index (χ0v) is 14.8. The van der Waals surface area contributed by atoms with Crippen molar-refractivity contribution in [2.45, 2.75) is 19.4 Å². The van der Waals surface area contributed by atoms with Crippen molar-refractivity contribution in [1.29, 1.82) is 0 Å². The molecule has 0 radical (unpaired) electrons. The van der Waals surface area contributed by atoms with E-state index in [0.717, 1.165) is 17.7 Å². The summed E-state index contributed by atoms with van der Waals surface area (Å²) in [7, 11) is -3.61. The molecular formula is C18H17F2NO4S. The van der Waals surface area contributed by atoms with Gasteiger partial charge in [-0.3, -0.25) is 0 Å². The summed E-state index contributed by atoms with van der Waals surface area (Å²) in [4.78, 5) is 4.24. The van der Waals surface area contributed by atoms with Crippen LogP contribution in [0.2, 0.25) is 0 Å². The molecule has 0 saturated carbocycles. The first kappa shape index (κ1) is 18.3. The maximum atomic E-state index is 13.8. The van der Waals surface area contributed by atoms with Crippen LogP contribution in [0, 0.1) is 11.6 Å². The molecule has 0 spiro atoms. The van der Waals surface area contributed by atoms with E-state index in [1.165, 1.54) is 18.2 Å². The van der Waals surface area contributed by atoms with Gasteiger partial charge in [0.15, 0.2) is 0 Å². The molecule has 1 unspecified atom stereocenters. The maximum Gasteiger partial charge on any atom is 0.309 e. The first-order valence-corrected chi connectivity index (χ1v) is 9.64. The number of hydrogen-bond acceptors (Lipinski definition) is 5. The van der Waals surface area contributed by atoms with Crippen LogP contribution in [0.1, 0.15) is 30.5 Å². The van der Waals surface area contributed by atoms with E-state index in [1.807, 2.05) is 0 Å². The van der Waals surface area contributed by atoms with Gasteiger partial charge in [-0.2, -0.15) is 8.42 Å². The van der Waals surface area contributed by atoms with Crippen molar-refractivity contribution in [2.24, 2.45) is 4.99 Å². The molecule has 1 aliphatic rings. The number of benzene rings is 2. The molecule has 0 fully saturated rings. The van der Waals surface area contributed by atoms with Gasteiger partial charge in [0, 0.05) is 0 Å². The third-order valence-electron chi connectivity index (χ3n) is 3.77. The second-order valence-corrected chi connectivity index (χ2v) is 7.46. The fraction of sp³-hybridized carbons (Fsp3) is 0.278. The maximum absolute atomic E-state index is 13.8. The van der Waals surface area contributed by atoms with E-state index in [0.29, 0.717) is 6.42 Å². The predicted molar refractivity (Wildman–Crippen MR) is 92.7 cm³/mol. The molecular weight excluding hydrogens is 364 g/mol. The molecule has 3 rings (SSSR count). The van der Waals surface area contributed by atoms with Crippen LogP contribution in [0.4, 0.5) is 8.78 Å². The highest BCUT2D eigenvalue weighted by molar-refractivity contribution is 7.87. The largest absolute Gasteiger partial charge is 0.475 e. The van der Waals surface area contributed by atoms with Gasteiger partial charge in [0.2, 0.25) is 5.90 Å². The standard InChI is InChI=1S/C18H17F2NO4S/c1-2-10-26(22,23)25-13-8-6-12(7-9-13)16-11-24-18(21-16)17-14(19)4-3-5-15(17)20/h3-9,16H,2,10-11H2,1H3. The van der Waals surface area contributed by atoms with Crippen LogP contribution in [-0.4, -0.2) is 26.7 Å². The average Bonchev–Trinajstić information content (AvgIpc) is 3.04. The second kappa shape index (κ2) is 7.41. The van der Waals surface area contributed by atoms with Gasteiger partial charge < -0.3 is 8.92 Å². The molecule has 0 aromatic heterocycles. The van der Waals surface area contributed by atoms with Crippen LogP contribution >= 0.6 is 0 Å². The lowest BCUT2D eigenvalue weighted by Crippen LogP contribution is -2.13. The van der Waals surface area contributed by atoms with E-state index in [4.69, 9.17) is 8.92 Å². The van der Waals surface area contributed by atoms with Crippen LogP contribution in [-0.2, 0) is 14.9 Å². The highest BCUT2D eigenvalue weighted by Gasteiger charge is 2.26. The minimum absolute atomic E-state index is 0.0624. The Labute approximate surface area is 150 Å². The predicted octanol–water partition coefficient (Wildman–Crippen LogP) is 3.60. The highest BCUT2D eigenvalue weighted by Crippen LogP contribution is 2.28. The van der Waals surface area contributed by atoms with Crippen molar-refractivity contribution >= 4 is 16.0 Å². The van der Waals surface area contributed by atoms with Crippen molar-refractivity contribution < 1.29 is 26.1 Å². The molecule has 1 aliphatic heterocycles. The Morgan fingerprint density at radius 1 is 1.15 bits per heavy atom.